The van der Waals surface area contributed by atoms with Crippen LogP contribution in [0.5, 0.6) is 0 Å². The molecule has 0 saturated heterocycles. The maximum atomic E-state index is 4.23. The lowest BCUT2D eigenvalue weighted by atomic mass is 10.1. The number of nitrogens with zero attached hydrogens (tertiary/aromatic N) is 2. The van der Waals surface area contributed by atoms with Gasteiger partial charge in [0.2, 0.25) is 0 Å². The van der Waals surface area contributed by atoms with E-state index in [-0.39, 0.29) is 0 Å². The third-order valence-electron chi connectivity index (χ3n) is 2.89. The van der Waals surface area contributed by atoms with E-state index < -0.39 is 0 Å². The molecule has 94 valence electrons. The number of rotatable bonds is 4. The van der Waals surface area contributed by atoms with Crippen LogP contribution in [0.15, 0.2) is 30.6 Å². The zero-order valence-corrected chi connectivity index (χ0v) is 11.0. The summed E-state index contributed by atoms with van der Waals surface area (Å²) in [5.41, 5.74) is 3.58. The molecule has 0 aliphatic rings. The van der Waals surface area contributed by atoms with E-state index >= 15 is 0 Å². The van der Waals surface area contributed by atoms with Gasteiger partial charge in [-0.1, -0.05) is 12.1 Å². The first-order valence-electron chi connectivity index (χ1n) is 6.10. The van der Waals surface area contributed by atoms with Crippen molar-refractivity contribution in [1.82, 2.24) is 9.97 Å². The summed E-state index contributed by atoms with van der Waals surface area (Å²) in [6.45, 7) is 7.09. The predicted molar refractivity (Wildman–Crippen MR) is 75.4 cm³/mol. The number of benzene rings is 1. The minimum absolute atomic E-state index is 0.801. The van der Waals surface area contributed by atoms with Gasteiger partial charge in [0.05, 0.1) is 0 Å². The van der Waals surface area contributed by atoms with E-state index in [9.17, 15) is 0 Å². The number of hydrogen-bond donors (Lipinski definition) is 2. The minimum atomic E-state index is 0.801. The highest BCUT2D eigenvalue weighted by atomic mass is 15.1. The Bertz CT molecular complexity index is 537. The molecule has 4 heteroatoms. The van der Waals surface area contributed by atoms with Crippen LogP contribution in [0.1, 0.15) is 18.1 Å². The van der Waals surface area contributed by atoms with Crippen molar-refractivity contribution in [2.75, 3.05) is 17.2 Å². The van der Waals surface area contributed by atoms with Gasteiger partial charge in [-0.05, 0) is 38.0 Å². The van der Waals surface area contributed by atoms with Crippen LogP contribution >= 0.6 is 0 Å². The highest BCUT2D eigenvalue weighted by molar-refractivity contribution is 5.63. The average Bonchev–Trinajstić information content (AvgIpc) is 2.36. The maximum absolute atomic E-state index is 4.23. The first-order chi connectivity index (χ1) is 8.70. The molecular weight excluding hydrogens is 224 g/mol. The zero-order chi connectivity index (χ0) is 13.0. The third kappa shape index (κ3) is 2.77. The minimum Gasteiger partial charge on any atom is -0.370 e. The van der Waals surface area contributed by atoms with Gasteiger partial charge in [0.15, 0.2) is 0 Å². The second kappa shape index (κ2) is 5.49. The third-order valence-corrected chi connectivity index (χ3v) is 2.89. The van der Waals surface area contributed by atoms with E-state index in [0.717, 1.165) is 23.9 Å². The summed E-state index contributed by atoms with van der Waals surface area (Å²) < 4.78 is 0. The summed E-state index contributed by atoms with van der Waals surface area (Å²) in [6.07, 6.45) is 1.56. The summed E-state index contributed by atoms with van der Waals surface area (Å²) in [7, 11) is 0. The van der Waals surface area contributed by atoms with Gasteiger partial charge >= 0.3 is 0 Å². The quantitative estimate of drug-likeness (QED) is 0.864. The van der Waals surface area contributed by atoms with Gasteiger partial charge in [-0.2, -0.15) is 0 Å². The van der Waals surface area contributed by atoms with Crippen LogP contribution in [0.4, 0.5) is 17.3 Å². The molecule has 1 aromatic carbocycles. The molecule has 2 aromatic rings. The smallest absolute Gasteiger partial charge is 0.135 e. The summed E-state index contributed by atoms with van der Waals surface area (Å²) in [6, 6.07) is 8.10. The highest BCUT2D eigenvalue weighted by Crippen LogP contribution is 2.22. The first-order valence-corrected chi connectivity index (χ1v) is 6.10. The predicted octanol–water partition coefficient (Wildman–Crippen LogP) is 3.27. The summed E-state index contributed by atoms with van der Waals surface area (Å²) >= 11 is 0. The van der Waals surface area contributed by atoms with Crippen molar-refractivity contribution in [3.05, 3.63) is 41.7 Å². The Hall–Kier alpha value is -2.10. The van der Waals surface area contributed by atoms with Crippen LogP contribution in [-0.2, 0) is 0 Å². The fraction of sp³-hybridized carbons (Fsp3) is 0.286. The summed E-state index contributed by atoms with van der Waals surface area (Å²) in [5, 5.41) is 6.49. The van der Waals surface area contributed by atoms with Crippen LogP contribution in [-0.4, -0.2) is 16.5 Å². The van der Waals surface area contributed by atoms with Crippen molar-refractivity contribution in [3.63, 3.8) is 0 Å². The van der Waals surface area contributed by atoms with Gasteiger partial charge in [-0.3, -0.25) is 0 Å². The lowest BCUT2D eigenvalue weighted by Crippen LogP contribution is -2.02. The Morgan fingerprint density at radius 3 is 2.67 bits per heavy atom. The van der Waals surface area contributed by atoms with Crippen molar-refractivity contribution in [3.8, 4) is 0 Å². The van der Waals surface area contributed by atoms with Gasteiger partial charge in [0, 0.05) is 18.3 Å². The largest absolute Gasteiger partial charge is 0.370 e. The molecule has 0 aliphatic carbocycles. The Labute approximate surface area is 107 Å². The second-order valence-corrected chi connectivity index (χ2v) is 4.19. The Morgan fingerprint density at radius 1 is 1.11 bits per heavy atom. The van der Waals surface area contributed by atoms with Crippen LogP contribution in [0.3, 0.4) is 0 Å². The molecule has 18 heavy (non-hydrogen) atoms. The molecule has 0 aliphatic heterocycles. The lowest BCUT2D eigenvalue weighted by molar-refractivity contribution is 1.11. The molecule has 1 heterocycles. The number of anilines is 3. The van der Waals surface area contributed by atoms with Crippen molar-refractivity contribution in [2.45, 2.75) is 20.8 Å². The van der Waals surface area contributed by atoms with E-state index in [1.54, 1.807) is 6.33 Å². The topological polar surface area (TPSA) is 49.8 Å². The molecule has 0 atom stereocenters. The molecule has 0 fully saturated rings. The van der Waals surface area contributed by atoms with Crippen LogP contribution < -0.4 is 10.6 Å². The Morgan fingerprint density at radius 2 is 1.89 bits per heavy atom. The first kappa shape index (κ1) is 12.4. The van der Waals surface area contributed by atoms with Crippen molar-refractivity contribution >= 4 is 17.3 Å². The monoisotopic (exact) mass is 242 g/mol. The Balaban J connectivity index is 2.23. The van der Waals surface area contributed by atoms with E-state index in [4.69, 9.17) is 0 Å². The summed E-state index contributed by atoms with van der Waals surface area (Å²) in [5.74, 6) is 1.63. The van der Waals surface area contributed by atoms with E-state index in [1.165, 1.54) is 11.1 Å². The van der Waals surface area contributed by atoms with E-state index in [1.807, 2.05) is 19.1 Å². The van der Waals surface area contributed by atoms with Crippen molar-refractivity contribution < 1.29 is 0 Å². The second-order valence-electron chi connectivity index (χ2n) is 4.19. The van der Waals surface area contributed by atoms with Crippen LogP contribution in [0.25, 0.3) is 0 Å². The zero-order valence-electron chi connectivity index (χ0n) is 11.0. The maximum Gasteiger partial charge on any atom is 0.135 e. The number of aryl methyl sites for hydroxylation is 1. The fourth-order valence-corrected chi connectivity index (χ4v) is 1.73. The van der Waals surface area contributed by atoms with Gasteiger partial charge in [0.1, 0.15) is 18.0 Å². The molecule has 1 aromatic heterocycles. The Kier molecular flexibility index (Phi) is 3.77. The van der Waals surface area contributed by atoms with Gasteiger partial charge in [0.25, 0.3) is 0 Å². The van der Waals surface area contributed by atoms with Gasteiger partial charge in [-0.15, -0.1) is 0 Å². The van der Waals surface area contributed by atoms with Crippen molar-refractivity contribution in [1.29, 1.82) is 0 Å². The normalized spacial score (nSPS) is 10.2. The molecular formula is C14H18N4. The number of aromatic nitrogens is 2. The molecule has 0 unspecified atom stereocenters. The lowest BCUT2D eigenvalue weighted by Gasteiger charge is -2.11. The molecule has 0 bridgehead atoms. The SMILES string of the molecule is CCNc1cc(Nc2cccc(C)c2C)ncn1. The average molecular weight is 242 g/mol. The number of hydrogen-bond acceptors (Lipinski definition) is 4. The molecule has 0 spiro atoms. The standard InChI is InChI=1S/C14H18N4/c1-4-15-13-8-14(17-9-16-13)18-12-7-5-6-10(2)11(12)3/h5-9H,4H2,1-3H3,(H2,15,16,17,18). The van der Waals surface area contributed by atoms with E-state index in [2.05, 4.69) is 46.6 Å². The number of nitrogens with one attached hydrogen (secondary N) is 2. The van der Waals surface area contributed by atoms with Gasteiger partial charge in [-0.25, -0.2) is 9.97 Å². The van der Waals surface area contributed by atoms with Crippen LogP contribution in [0, 0.1) is 13.8 Å². The van der Waals surface area contributed by atoms with E-state index in [0.29, 0.717) is 0 Å². The highest BCUT2D eigenvalue weighted by Gasteiger charge is 2.02. The molecule has 0 amide bonds. The molecule has 2 N–H and O–H groups in total. The van der Waals surface area contributed by atoms with Crippen LogP contribution in [0.2, 0.25) is 0 Å². The fourth-order valence-electron chi connectivity index (χ4n) is 1.73. The molecule has 0 saturated carbocycles. The molecule has 2 rings (SSSR count). The summed E-state index contributed by atoms with van der Waals surface area (Å²) in [4.78, 5) is 8.37. The molecule has 0 radical (unpaired) electrons. The molecule has 4 nitrogen and oxygen atoms in total. The van der Waals surface area contributed by atoms with Crippen molar-refractivity contribution in [2.24, 2.45) is 0 Å². The van der Waals surface area contributed by atoms with Gasteiger partial charge < -0.3 is 10.6 Å².